The van der Waals surface area contributed by atoms with E-state index in [2.05, 4.69) is 42.5 Å². The molecule has 0 saturated carbocycles. The number of fused-ring (bicyclic) bond motifs is 7. The highest BCUT2D eigenvalue weighted by atomic mass is 19.1. The molecule has 9 N–H and O–H groups in total. The molecular weight excluding hydrogens is 1440 g/mol. The van der Waals surface area contributed by atoms with Crippen molar-refractivity contribution in [3.8, 4) is 11.4 Å². The van der Waals surface area contributed by atoms with Crippen molar-refractivity contribution in [3.63, 3.8) is 0 Å². The van der Waals surface area contributed by atoms with E-state index in [4.69, 9.17) is 52.4 Å². The van der Waals surface area contributed by atoms with Gasteiger partial charge in [-0.2, -0.15) is 0 Å². The monoisotopic (exact) mass is 1540 g/mol. The van der Waals surface area contributed by atoms with Gasteiger partial charge in [0.05, 0.1) is 148 Å². The lowest BCUT2D eigenvalue weighted by Crippen LogP contribution is -2.52. The SMILES string of the molecule is CC[C@@]1(O)C(=O)OCc2c1cc1n(c2=O)Cc2c-1nc1cc(F)c3c(c1c2CNC(=O)[C@H](C)OCNC(=O)CNC(=O)[C@H](Cc1ccccc1)NC(=O)CNC(=O)CNC(=O)CC[C@H](NC(=O)CCCCCN1C(=O)C=CC1=O)C(=O)NCCOCCOCCOCCOCCOCCOCCOCCOC)CCC3. The number of carbonyl (C=O) groups excluding carboxylic acids is 11. The Morgan fingerprint density at radius 1 is 0.618 bits per heavy atom. The van der Waals surface area contributed by atoms with Crippen molar-refractivity contribution in [3.05, 3.63) is 110 Å². The van der Waals surface area contributed by atoms with Gasteiger partial charge in [-0.05, 0) is 80.2 Å². The molecule has 0 bridgehead atoms. The molecular formula is C75H100FN11O23. The molecule has 34 nitrogen and oxygen atoms in total. The number of carbonyl (C=O) groups is 11. The Labute approximate surface area is 634 Å². The van der Waals surface area contributed by atoms with Gasteiger partial charge in [-0.1, -0.05) is 43.7 Å². The number of aliphatic hydroxyl groups is 1. The molecule has 8 rings (SSSR count). The molecule has 2 aromatic heterocycles. The number of aryl methyl sites for hydroxylation is 1. The second kappa shape index (κ2) is 44.9. The first-order valence-electron chi connectivity index (χ1n) is 37.0. The third-order valence-corrected chi connectivity index (χ3v) is 18.5. The number of nitrogens with zero attached hydrogens (tertiary/aromatic N) is 3. The van der Waals surface area contributed by atoms with Crippen LogP contribution in [-0.4, -0.2) is 248 Å². The zero-order valence-corrected chi connectivity index (χ0v) is 62.3. The van der Waals surface area contributed by atoms with Gasteiger partial charge in [0.1, 0.15) is 37.3 Å². The Kier molecular flexibility index (Phi) is 35.1. The Balaban J connectivity index is 0.728. The fourth-order valence-corrected chi connectivity index (χ4v) is 12.5. The number of benzene rings is 2. The average molecular weight is 1540 g/mol. The largest absolute Gasteiger partial charge is 0.458 e. The summed E-state index contributed by atoms with van der Waals surface area (Å²) in [6.45, 7) is 6.30. The Bertz CT molecular complexity index is 3940. The normalized spacial score (nSPS) is 15.4. The van der Waals surface area contributed by atoms with E-state index in [0.717, 1.165) is 10.5 Å². The summed E-state index contributed by atoms with van der Waals surface area (Å²) in [4.78, 5) is 163. The van der Waals surface area contributed by atoms with Crippen LogP contribution in [0.25, 0.3) is 22.3 Å². The third kappa shape index (κ3) is 25.8. The zero-order chi connectivity index (χ0) is 78.8. The van der Waals surface area contributed by atoms with Gasteiger partial charge in [0.2, 0.25) is 47.3 Å². The van der Waals surface area contributed by atoms with E-state index >= 15 is 4.39 Å². The van der Waals surface area contributed by atoms with Gasteiger partial charge in [-0.25, -0.2) is 14.2 Å². The summed E-state index contributed by atoms with van der Waals surface area (Å²) in [7, 11) is 1.61. The van der Waals surface area contributed by atoms with E-state index in [1.165, 1.54) is 29.7 Å². The first-order chi connectivity index (χ1) is 53.2. The molecule has 110 heavy (non-hydrogen) atoms. The summed E-state index contributed by atoms with van der Waals surface area (Å²) in [6.07, 6.45) is 3.69. The first-order valence-corrected chi connectivity index (χ1v) is 37.0. The molecule has 0 unspecified atom stereocenters. The molecule has 4 aliphatic rings. The van der Waals surface area contributed by atoms with E-state index in [9.17, 15) is 62.6 Å². The number of pyridine rings is 2. The van der Waals surface area contributed by atoms with Crippen molar-refractivity contribution in [2.45, 2.75) is 128 Å². The summed E-state index contributed by atoms with van der Waals surface area (Å²) in [5.74, 6) is -7.55. The van der Waals surface area contributed by atoms with Gasteiger partial charge in [0.15, 0.2) is 5.60 Å². The summed E-state index contributed by atoms with van der Waals surface area (Å²) in [5.41, 5.74) is 1.70. The number of halogens is 1. The molecule has 4 aromatic rings. The van der Waals surface area contributed by atoms with Gasteiger partial charge in [0.25, 0.3) is 17.4 Å². The number of nitrogens with one attached hydrogen (secondary N) is 8. The van der Waals surface area contributed by atoms with Crippen LogP contribution in [0, 0.1) is 5.82 Å². The summed E-state index contributed by atoms with van der Waals surface area (Å²) >= 11 is 0. The number of methoxy groups -OCH3 is 1. The second-order valence-corrected chi connectivity index (χ2v) is 26.1. The van der Waals surface area contributed by atoms with E-state index in [-0.39, 0.29) is 95.8 Å². The van der Waals surface area contributed by atoms with Gasteiger partial charge in [-0.15, -0.1) is 0 Å². The predicted octanol–water partition coefficient (Wildman–Crippen LogP) is -0.492. The van der Waals surface area contributed by atoms with Crippen molar-refractivity contribution >= 4 is 75.9 Å². The molecule has 0 saturated heterocycles. The Hall–Kier alpha value is -9.56. The zero-order valence-electron chi connectivity index (χ0n) is 62.3. The van der Waals surface area contributed by atoms with Crippen molar-refractivity contribution < 1.29 is 110 Å². The van der Waals surface area contributed by atoms with E-state index in [0.29, 0.717) is 162 Å². The van der Waals surface area contributed by atoms with Crippen LogP contribution in [0.2, 0.25) is 0 Å². The lowest BCUT2D eigenvalue weighted by molar-refractivity contribution is -0.172. The number of imide groups is 1. The predicted molar refractivity (Wildman–Crippen MR) is 389 cm³/mol. The topological polar surface area (TPSA) is 435 Å². The fraction of sp³-hybridized carbons (Fsp3) is 0.560. The number of hydrogen-bond acceptors (Lipinski definition) is 24. The summed E-state index contributed by atoms with van der Waals surface area (Å²) in [5, 5.41) is 32.7. The fourth-order valence-electron chi connectivity index (χ4n) is 12.5. The molecule has 1 aliphatic carbocycles. The lowest BCUT2D eigenvalue weighted by Gasteiger charge is -2.31. The Morgan fingerprint density at radius 2 is 1.20 bits per heavy atom. The van der Waals surface area contributed by atoms with E-state index < -0.39 is 127 Å². The molecule has 600 valence electrons. The van der Waals surface area contributed by atoms with Crippen molar-refractivity contribution in [1.29, 1.82) is 0 Å². The quantitative estimate of drug-likeness (QED) is 0.0103. The maximum atomic E-state index is 15.6. The van der Waals surface area contributed by atoms with Gasteiger partial charge >= 0.3 is 5.97 Å². The molecule has 0 spiro atoms. The lowest BCUT2D eigenvalue weighted by atomic mass is 9.86. The van der Waals surface area contributed by atoms with Crippen molar-refractivity contribution in [1.82, 2.24) is 57.0 Å². The molecule has 0 radical (unpaired) electrons. The number of rotatable bonds is 52. The number of ether oxygens (including phenoxy) is 10. The number of hydrogen-bond donors (Lipinski definition) is 9. The van der Waals surface area contributed by atoms with Crippen LogP contribution in [0.1, 0.15) is 104 Å². The Morgan fingerprint density at radius 3 is 1.85 bits per heavy atom. The van der Waals surface area contributed by atoms with E-state index in [1.54, 1.807) is 50.4 Å². The highest BCUT2D eigenvalue weighted by Gasteiger charge is 2.46. The van der Waals surface area contributed by atoms with Crippen LogP contribution < -0.4 is 48.1 Å². The molecule has 3 aliphatic heterocycles. The highest BCUT2D eigenvalue weighted by molar-refractivity contribution is 6.12. The number of amides is 10. The van der Waals surface area contributed by atoms with Crippen LogP contribution in [0.5, 0.6) is 0 Å². The minimum absolute atomic E-state index is 0.000435. The van der Waals surface area contributed by atoms with Crippen LogP contribution in [0.15, 0.2) is 59.4 Å². The van der Waals surface area contributed by atoms with Gasteiger partial charge in [0, 0.05) is 80.7 Å². The summed E-state index contributed by atoms with van der Waals surface area (Å²) < 4.78 is 71.3. The minimum atomic E-state index is -2.08. The third-order valence-electron chi connectivity index (χ3n) is 18.5. The first kappa shape index (κ1) is 86.0. The van der Waals surface area contributed by atoms with Crippen LogP contribution in [0.4, 0.5) is 4.39 Å². The minimum Gasteiger partial charge on any atom is -0.458 e. The summed E-state index contributed by atoms with van der Waals surface area (Å²) in [6, 6.07) is 9.09. The standard InChI is InChI=1S/C75H100FN11O23/c1-4-75(100)55-39-60-69-53(45-87(60)73(98)54(55)46-109-74(75)99)52(68-51-15-11-14-50(51)56(76)40-58(68)85-69)41-80-70(95)48(2)110-47-82-64(91)43-81-72(97)59(38-49-12-7-5-8-13-49)84-65(92)44-79-63(90)42-78-61(88)18-17-57(83-62(89)16-9-6-10-22-86-66(93)19-20-67(86)94)71(96)77-21-23-102-26-27-104-30-31-106-34-35-108-37-36-107-33-32-105-29-28-103-25-24-101-3/h5,7-8,12-13,19-20,39-40,48,57,59,100H,4,6,9-11,14-18,21-38,41-47H2,1-3H3,(H,77,96)(H,78,88)(H,79,90)(H,80,95)(H,81,97)(H,82,91)(H,83,89)(H,84,92)/t48-,57-,59-,75-/m0/s1. The molecule has 5 heterocycles. The molecule has 10 amide bonds. The van der Waals surface area contributed by atoms with Crippen molar-refractivity contribution in [2.75, 3.05) is 146 Å². The second-order valence-electron chi connectivity index (χ2n) is 26.1. The number of unbranched alkanes of at least 4 members (excludes halogenated alkanes) is 2. The van der Waals surface area contributed by atoms with Gasteiger partial charge < -0.3 is 99.6 Å². The van der Waals surface area contributed by atoms with Crippen molar-refractivity contribution in [2.24, 2.45) is 0 Å². The molecule has 4 atom stereocenters. The molecule has 35 heteroatoms. The van der Waals surface area contributed by atoms with Crippen LogP contribution in [0.3, 0.4) is 0 Å². The number of aromatic nitrogens is 2. The van der Waals surface area contributed by atoms with E-state index in [1.807, 2.05) is 0 Å². The molecule has 0 fully saturated rings. The number of cyclic esters (lactones) is 1. The van der Waals surface area contributed by atoms with Crippen LogP contribution >= 0.6 is 0 Å². The maximum Gasteiger partial charge on any atom is 0.343 e. The molecule has 2 aromatic carbocycles. The van der Waals surface area contributed by atoms with Gasteiger partial charge in [-0.3, -0.25) is 57.6 Å². The number of esters is 1. The highest BCUT2D eigenvalue weighted by Crippen LogP contribution is 2.43. The smallest absolute Gasteiger partial charge is 0.343 e. The maximum absolute atomic E-state index is 15.6. The van der Waals surface area contributed by atoms with Crippen LogP contribution in [-0.2, 0) is 145 Å². The average Bonchev–Trinajstić information content (AvgIpc) is 1.54.